The minimum absolute atomic E-state index is 0.00791. The van der Waals surface area contributed by atoms with Crippen molar-refractivity contribution in [2.45, 2.75) is 11.0 Å². The van der Waals surface area contributed by atoms with Gasteiger partial charge in [-0.15, -0.1) is 0 Å². The summed E-state index contributed by atoms with van der Waals surface area (Å²) in [6, 6.07) is 0.997. The van der Waals surface area contributed by atoms with Gasteiger partial charge in [-0.1, -0.05) is 11.6 Å². The standard InChI is InChI=1S/C9H9BrClFN2O3S/c10-7-5(11)1-6(8(12)9(7)13)18(16,17)14-2-4(15)3-14/h1,4,15H,2-3,13H2. The van der Waals surface area contributed by atoms with E-state index >= 15 is 0 Å². The molecule has 1 heterocycles. The third kappa shape index (κ3) is 2.12. The Kier molecular flexibility index (Phi) is 3.58. The van der Waals surface area contributed by atoms with Crippen molar-refractivity contribution in [1.82, 2.24) is 4.31 Å². The maximum atomic E-state index is 13.9. The average Bonchev–Trinajstić information content (AvgIpc) is 2.26. The normalized spacial score (nSPS) is 17.8. The molecule has 0 amide bonds. The van der Waals surface area contributed by atoms with Gasteiger partial charge >= 0.3 is 0 Å². The fourth-order valence-electron chi connectivity index (χ4n) is 1.54. The van der Waals surface area contributed by atoms with Gasteiger partial charge in [0.25, 0.3) is 0 Å². The van der Waals surface area contributed by atoms with Crippen molar-refractivity contribution in [3.63, 3.8) is 0 Å². The Labute approximate surface area is 117 Å². The summed E-state index contributed by atoms with van der Waals surface area (Å²) in [6.45, 7) is -0.120. The van der Waals surface area contributed by atoms with Crippen LogP contribution in [-0.2, 0) is 10.0 Å². The van der Waals surface area contributed by atoms with E-state index in [0.29, 0.717) is 0 Å². The van der Waals surface area contributed by atoms with Crippen molar-refractivity contribution < 1.29 is 17.9 Å². The molecule has 0 saturated carbocycles. The van der Waals surface area contributed by atoms with E-state index < -0.39 is 26.8 Å². The van der Waals surface area contributed by atoms with Crippen LogP contribution in [-0.4, -0.2) is 37.0 Å². The zero-order valence-electron chi connectivity index (χ0n) is 8.90. The largest absolute Gasteiger partial charge is 0.395 e. The van der Waals surface area contributed by atoms with E-state index in [-0.39, 0.29) is 28.3 Å². The smallest absolute Gasteiger partial charge is 0.246 e. The Morgan fingerprint density at radius 3 is 2.61 bits per heavy atom. The van der Waals surface area contributed by atoms with E-state index in [1.807, 2.05) is 0 Å². The third-order valence-corrected chi connectivity index (χ3v) is 5.81. The summed E-state index contributed by atoms with van der Waals surface area (Å²) < 4.78 is 39.0. The molecule has 0 aliphatic carbocycles. The first kappa shape index (κ1) is 14.0. The van der Waals surface area contributed by atoms with E-state index in [2.05, 4.69) is 15.9 Å². The van der Waals surface area contributed by atoms with Crippen LogP contribution < -0.4 is 5.73 Å². The number of β-amino-alcohol motifs (C(OH)–C–C–N with tert-alkyl or cyclic N) is 1. The van der Waals surface area contributed by atoms with E-state index in [4.69, 9.17) is 22.4 Å². The second-order valence-electron chi connectivity index (χ2n) is 3.87. The Hall–Kier alpha value is -0.410. The number of nitrogens with zero attached hydrogens (tertiary/aromatic N) is 1. The van der Waals surface area contributed by atoms with Gasteiger partial charge in [0, 0.05) is 13.1 Å². The number of halogens is 3. The minimum atomic E-state index is -4.01. The molecule has 5 nitrogen and oxygen atoms in total. The maximum Gasteiger partial charge on any atom is 0.246 e. The molecule has 1 aromatic carbocycles. The highest BCUT2D eigenvalue weighted by Crippen LogP contribution is 2.36. The second-order valence-corrected chi connectivity index (χ2v) is 6.98. The number of nitrogen functional groups attached to an aromatic ring is 1. The zero-order valence-corrected chi connectivity index (χ0v) is 12.1. The molecule has 2 rings (SSSR count). The molecule has 1 aliphatic heterocycles. The molecule has 1 fully saturated rings. The number of rotatable bonds is 2. The van der Waals surface area contributed by atoms with Gasteiger partial charge in [0.1, 0.15) is 4.90 Å². The SMILES string of the molecule is Nc1c(F)c(S(=O)(=O)N2CC(O)C2)cc(Cl)c1Br. The number of aliphatic hydroxyl groups is 1. The number of hydrogen-bond acceptors (Lipinski definition) is 4. The Balaban J connectivity index is 2.52. The van der Waals surface area contributed by atoms with Crippen LogP contribution in [0.4, 0.5) is 10.1 Å². The van der Waals surface area contributed by atoms with E-state index in [9.17, 15) is 12.8 Å². The maximum absolute atomic E-state index is 13.9. The number of sulfonamides is 1. The van der Waals surface area contributed by atoms with E-state index in [0.717, 1.165) is 10.4 Å². The van der Waals surface area contributed by atoms with Crippen molar-refractivity contribution in [2.75, 3.05) is 18.8 Å². The highest BCUT2D eigenvalue weighted by Gasteiger charge is 2.38. The van der Waals surface area contributed by atoms with Crippen molar-refractivity contribution >= 4 is 43.2 Å². The molecule has 0 unspecified atom stereocenters. The van der Waals surface area contributed by atoms with Crippen molar-refractivity contribution in [3.05, 3.63) is 21.4 Å². The number of benzene rings is 1. The fourth-order valence-corrected chi connectivity index (χ4v) is 3.72. The monoisotopic (exact) mass is 358 g/mol. The summed E-state index contributed by atoms with van der Waals surface area (Å²) in [5.74, 6) is -1.05. The first-order valence-electron chi connectivity index (χ1n) is 4.86. The molecule has 100 valence electrons. The molecule has 18 heavy (non-hydrogen) atoms. The van der Waals surface area contributed by atoms with Crippen LogP contribution in [0, 0.1) is 5.82 Å². The summed E-state index contributed by atoms with van der Waals surface area (Å²) >= 11 is 8.73. The lowest BCUT2D eigenvalue weighted by molar-refractivity contribution is 0.0546. The van der Waals surface area contributed by atoms with Gasteiger partial charge in [-0.2, -0.15) is 4.31 Å². The lowest BCUT2D eigenvalue weighted by atomic mass is 10.2. The van der Waals surface area contributed by atoms with Crippen molar-refractivity contribution in [1.29, 1.82) is 0 Å². The van der Waals surface area contributed by atoms with E-state index in [1.54, 1.807) is 0 Å². The molecule has 1 saturated heterocycles. The molecule has 0 spiro atoms. The summed E-state index contributed by atoms with van der Waals surface area (Å²) in [4.78, 5) is -0.583. The molecule has 0 aromatic heterocycles. The summed E-state index contributed by atoms with van der Waals surface area (Å²) in [5.41, 5.74) is 5.07. The number of hydrogen-bond donors (Lipinski definition) is 2. The highest BCUT2D eigenvalue weighted by atomic mass is 79.9. The highest BCUT2D eigenvalue weighted by molar-refractivity contribution is 9.10. The van der Waals surface area contributed by atoms with Gasteiger partial charge in [0.2, 0.25) is 10.0 Å². The van der Waals surface area contributed by atoms with Crippen LogP contribution >= 0.6 is 27.5 Å². The van der Waals surface area contributed by atoms with Gasteiger partial charge in [-0.25, -0.2) is 12.8 Å². The van der Waals surface area contributed by atoms with Crippen molar-refractivity contribution in [2.24, 2.45) is 0 Å². The van der Waals surface area contributed by atoms with Crippen molar-refractivity contribution in [3.8, 4) is 0 Å². The minimum Gasteiger partial charge on any atom is -0.395 e. The number of aliphatic hydroxyl groups excluding tert-OH is 1. The zero-order chi connectivity index (χ0) is 13.7. The molecule has 1 aliphatic rings. The lowest BCUT2D eigenvalue weighted by Gasteiger charge is -2.34. The predicted molar refractivity (Wildman–Crippen MR) is 68.3 cm³/mol. The Bertz CT molecular complexity index is 604. The van der Waals surface area contributed by atoms with Gasteiger partial charge < -0.3 is 10.8 Å². The molecular weight excluding hydrogens is 351 g/mol. The van der Waals surface area contributed by atoms with Crippen LogP contribution in [0.3, 0.4) is 0 Å². The van der Waals surface area contributed by atoms with E-state index in [1.165, 1.54) is 0 Å². The fraction of sp³-hybridized carbons (Fsp3) is 0.333. The Morgan fingerprint density at radius 1 is 1.56 bits per heavy atom. The summed E-state index contributed by atoms with van der Waals surface area (Å²) in [5, 5.41) is 9.10. The molecule has 1 aromatic rings. The van der Waals surface area contributed by atoms with Gasteiger partial charge in [0.15, 0.2) is 5.82 Å². The van der Waals surface area contributed by atoms with Crippen LogP contribution in [0.5, 0.6) is 0 Å². The average molecular weight is 360 g/mol. The lowest BCUT2D eigenvalue weighted by Crippen LogP contribution is -2.53. The number of anilines is 1. The molecule has 9 heteroatoms. The van der Waals surface area contributed by atoms with Crippen LogP contribution in [0.2, 0.25) is 5.02 Å². The number of nitrogens with two attached hydrogens (primary N) is 1. The first-order valence-corrected chi connectivity index (χ1v) is 7.47. The summed E-state index contributed by atoms with van der Waals surface area (Å²) in [7, 11) is -4.01. The van der Waals surface area contributed by atoms with Gasteiger partial charge in [-0.05, 0) is 22.0 Å². The first-order chi connectivity index (χ1) is 8.25. The topological polar surface area (TPSA) is 83.6 Å². The third-order valence-electron chi connectivity index (χ3n) is 2.60. The molecule has 3 N–H and O–H groups in total. The van der Waals surface area contributed by atoms with Gasteiger partial charge in [-0.3, -0.25) is 0 Å². The van der Waals surface area contributed by atoms with Crippen LogP contribution in [0.25, 0.3) is 0 Å². The van der Waals surface area contributed by atoms with Crippen LogP contribution in [0.1, 0.15) is 0 Å². The molecular formula is C9H9BrClFN2O3S. The quantitative estimate of drug-likeness (QED) is 0.614. The van der Waals surface area contributed by atoms with Gasteiger partial charge in [0.05, 0.1) is 21.3 Å². The second kappa shape index (κ2) is 4.61. The molecule has 0 atom stereocenters. The Morgan fingerprint density at radius 2 is 2.11 bits per heavy atom. The van der Waals surface area contributed by atoms with Crippen LogP contribution in [0.15, 0.2) is 15.4 Å². The molecule has 0 radical (unpaired) electrons. The predicted octanol–water partition coefficient (Wildman–Crippen LogP) is 1.19. The molecule has 0 bridgehead atoms. The summed E-state index contributed by atoms with van der Waals surface area (Å²) in [6.07, 6.45) is -0.717.